The second-order valence-electron chi connectivity index (χ2n) is 9.19. The van der Waals surface area contributed by atoms with Crippen molar-refractivity contribution in [1.29, 1.82) is 0 Å². The summed E-state index contributed by atoms with van der Waals surface area (Å²) in [6.07, 6.45) is 4.69. The van der Waals surface area contributed by atoms with E-state index < -0.39 is 11.8 Å². The molecule has 4 rings (SSSR count). The number of benzene rings is 2. The lowest BCUT2D eigenvalue weighted by Crippen LogP contribution is -2.37. The maximum Gasteiger partial charge on any atom is 0.251 e. The largest absolute Gasteiger partial charge is 0.485 e. The van der Waals surface area contributed by atoms with E-state index in [0.717, 1.165) is 5.56 Å². The van der Waals surface area contributed by atoms with Crippen LogP contribution in [0.5, 0.6) is 5.75 Å². The van der Waals surface area contributed by atoms with Gasteiger partial charge in [-0.05, 0) is 61.9 Å². The second-order valence-corrected chi connectivity index (χ2v) is 10.3. The van der Waals surface area contributed by atoms with E-state index in [1.165, 1.54) is 11.0 Å². The van der Waals surface area contributed by atoms with Crippen molar-refractivity contribution in [3.8, 4) is 5.75 Å². The molecule has 9 nitrogen and oxygen atoms in total. The van der Waals surface area contributed by atoms with Crippen LogP contribution in [0, 0.1) is 6.92 Å². The smallest absolute Gasteiger partial charge is 0.251 e. The molecule has 2 heterocycles. The summed E-state index contributed by atoms with van der Waals surface area (Å²) in [5.74, 6) is -0.528. The van der Waals surface area contributed by atoms with Crippen molar-refractivity contribution in [2.75, 3.05) is 25.0 Å². The van der Waals surface area contributed by atoms with Gasteiger partial charge in [0, 0.05) is 42.0 Å². The molecule has 0 saturated heterocycles. The summed E-state index contributed by atoms with van der Waals surface area (Å²) in [5, 5.41) is 6.39. The Bertz CT molecular complexity index is 1670. The minimum atomic E-state index is -0.454. The Morgan fingerprint density at radius 1 is 1.05 bits per heavy atom. The Kier molecular flexibility index (Phi) is 11.9. The van der Waals surface area contributed by atoms with Gasteiger partial charge >= 0.3 is 0 Å². The lowest BCUT2D eigenvalue weighted by Gasteiger charge is -2.21. The van der Waals surface area contributed by atoms with Crippen molar-refractivity contribution >= 4 is 82.3 Å². The van der Waals surface area contributed by atoms with Crippen LogP contribution in [0.4, 0.5) is 5.69 Å². The molecular weight excluding hydrogens is 636 g/mol. The van der Waals surface area contributed by atoms with Gasteiger partial charge in [0.1, 0.15) is 11.8 Å². The predicted octanol–water partition coefficient (Wildman–Crippen LogP) is 6.15. The third-order valence-corrected chi connectivity index (χ3v) is 7.57. The van der Waals surface area contributed by atoms with Gasteiger partial charge in [0.25, 0.3) is 5.91 Å². The number of hydrogen-bond acceptors (Lipinski definition) is 5. The summed E-state index contributed by atoms with van der Waals surface area (Å²) in [5.41, 5.74) is 3.36. The number of likely N-dealkylation sites (N-methyl/N-ethyl adjacent to an activating group) is 1. The first kappa shape index (κ1) is 33.7. The number of amides is 3. The minimum absolute atomic E-state index is 0. The van der Waals surface area contributed by atoms with E-state index in [-0.39, 0.29) is 36.5 Å². The van der Waals surface area contributed by atoms with E-state index >= 15 is 0 Å². The molecule has 43 heavy (non-hydrogen) atoms. The van der Waals surface area contributed by atoms with Crippen molar-refractivity contribution in [3.63, 3.8) is 0 Å². The highest BCUT2D eigenvalue weighted by molar-refractivity contribution is 6.38. The number of rotatable bonds is 10. The fourth-order valence-electron chi connectivity index (χ4n) is 4.02. The highest BCUT2D eigenvalue weighted by atomic mass is 35.5. The van der Waals surface area contributed by atoms with Crippen molar-refractivity contribution < 1.29 is 19.1 Å². The highest BCUT2D eigenvalue weighted by Gasteiger charge is 2.20. The Balaban J connectivity index is 0.00000506. The van der Waals surface area contributed by atoms with Gasteiger partial charge in [-0.3, -0.25) is 18.8 Å². The van der Waals surface area contributed by atoms with Gasteiger partial charge in [-0.15, -0.1) is 12.4 Å². The van der Waals surface area contributed by atoms with Crippen molar-refractivity contribution in [2.45, 2.75) is 20.5 Å². The first-order valence-electron chi connectivity index (χ1n) is 12.9. The molecule has 3 amide bonds. The fraction of sp³-hybridized carbons (Fsp3) is 0.200. The van der Waals surface area contributed by atoms with E-state index in [1.807, 2.05) is 6.92 Å². The van der Waals surface area contributed by atoms with Crippen LogP contribution >= 0.6 is 47.2 Å². The molecule has 4 aromatic rings. The minimum Gasteiger partial charge on any atom is -0.485 e. The number of imidazole rings is 1. The lowest BCUT2D eigenvalue weighted by molar-refractivity contribution is -0.122. The molecule has 0 aliphatic rings. The Hall–Kier alpha value is -3.76. The Labute approximate surface area is 270 Å². The first-order chi connectivity index (χ1) is 20.1. The van der Waals surface area contributed by atoms with Gasteiger partial charge < -0.3 is 20.3 Å². The van der Waals surface area contributed by atoms with Crippen LogP contribution in [-0.4, -0.2) is 47.2 Å². The number of carbonyl (C=O) groups is 3. The van der Waals surface area contributed by atoms with E-state index in [2.05, 4.69) is 15.6 Å². The van der Waals surface area contributed by atoms with Gasteiger partial charge in [-0.25, -0.2) is 4.98 Å². The molecule has 226 valence electrons. The quantitative estimate of drug-likeness (QED) is 0.198. The third kappa shape index (κ3) is 8.00. The zero-order chi connectivity index (χ0) is 30.4. The SMILES string of the molecule is CCNC(=O)c1ccc(/C=C/C(=O)NCC(=O)N(C)c2ccc(Cl)c(COc3cccn4c(Cl)c(C)nc34)c2Cl)cc1.Cl. The molecule has 2 N–H and O–H groups in total. The van der Waals surface area contributed by atoms with Gasteiger partial charge in [0.05, 0.1) is 22.9 Å². The standard InChI is InChI=1S/C30H28Cl3N5O4.ClH/c1-4-34-30(41)20-10-7-19(8-11-20)9-14-25(39)35-16-26(40)37(3)23-13-12-22(31)21(27(23)32)17-42-24-6-5-15-38-28(33)18(2)36-29(24)38;/h5-15H,4,16-17H2,1-3H3,(H,34,41)(H,35,39);1H/b14-9+;. The van der Waals surface area contributed by atoms with Gasteiger partial charge in [-0.2, -0.15) is 0 Å². The Morgan fingerprint density at radius 2 is 1.77 bits per heavy atom. The van der Waals surface area contributed by atoms with Crippen LogP contribution in [0.3, 0.4) is 0 Å². The molecule has 0 atom stereocenters. The fourth-order valence-corrected chi connectivity index (χ4v) is 4.81. The number of carbonyl (C=O) groups excluding carboxylic acids is 3. The molecule has 0 unspecified atom stereocenters. The van der Waals surface area contributed by atoms with Gasteiger partial charge in [0.2, 0.25) is 11.8 Å². The molecular formula is C30H29Cl4N5O4. The number of aryl methyl sites for hydroxylation is 1. The lowest BCUT2D eigenvalue weighted by atomic mass is 10.1. The van der Waals surface area contributed by atoms with E-state index in [0.29, 0.717) is 50.6 Å². The average molecular weight is 665 g/mol. The number of fused-ring (bicyclic) bond motifs is 1. The van der Waals surface area contributed by atoms with Crippen LogP contribution in [-0.2, 0) is 16.2 Å². The van der Waals surface area contributed by atoms with Crippen LogP contribution in [0.2, 0.25) is 15.2 Å². The van der Waals surface area contributed by atoms with Gasteiger partial charge in [-0.1, -0.05) is 46.9 Å². The van der Waals surface area contributed by atoms with E-state index in [1.54, 1.807) is 79.2 Å². The summed E-state index contributed by atoms with van der Waals surface area (Å²) >= 11 is 19.4. The summed E-state index contributed by atoms with van der Waals surface area (Å²) in [4.78, 5) is 42.9. The van der Waals surface area contributed by atoms with Gasteiger partial charge in [0.15, 0.2) is 11.4 Å². The molecule has 0 aliphatic carbocycles. The van der Waals surface area contributed by atoms with Crippen molar-refractivity contribution in [2.24, 2.45) is 0 Å². The number of nitrogens with zero attached hydrogens (tertiary/aromatic N) is 3. The average Bonchev–Trinajstić information content (AvgIpc) is 3.28. The molecule has 0 saturated carbocycles. The van der Waals surface area contributed by atoms with Crippen LogP contribution in [0.1, 0.15) is 34.1 Å². The molecule has 0 aliphatic heterocycles. The summed E-state index contributed by atoms with van der Waals surface area (Å²) in [7, 11) is 1.55. The number of ether oxygens (including phenoxy) is 1. The number of anilines is 1. The maximum absolute atomic E-state index is 12.9. The molecule has 0 radical (unpaired) electrons. The van der Waals surface area contributed by atoms with E-state index in [4.69, 9.17) is 39.5 Å². The highest BCUT2D eigenvalue weighted by Crippen LogP contribution is 2.35. The zero-order valence-corrected chi connectivity index (χ0v) is 26.6. The second kappa shape index (κ2) is 15.1. The number of nitrogens with one attached hydrogen (secondary N) is 2. The van der Waals surface area contributed by atoms with Crippen LogP contribution in [0.15, 0.2) is 60.8 Å². The molecule has 13 heteroatoms. The number of pyridine rings is 1. The molecule has 0 bridgehead atoms. The number of halogens is 4. The molecule has 2 aromatic carbocycles. The van der Waals surface area contributed by atoms with Crippen molar-refractivity contribution in [3.05, 3.63) is 98.4 Å². The number of aromatic nitrogens is 2. The van der Waals surface area contributed by atoms with Crippen LogP contribution in [0.25, 0.3) is 11.7 Å². The third-order valence-electron chi connectivity index (χ3n) is 6.34. The van der Waals surface area contributed by atoms with E-state index in [9.17, 15) is 14.4 Å². The summed E-state index contributed by atoms with van der Waals surface area (Å²) < 4.78 is 7.72. The summed E-state index contributed by atoms with van der Waals surface area (Å²) in [6, 6.07) is 13.6. The summed E-state index contributed by atoms with van der Waals surface area (Å²) in [6.45, 7) is 3.94. The normalized spacial score (nSPS) is 10.8. The van der Waals surface area contributed by atoms with Crippen molar-refractivity contribution in [1.82, 2.24) is 20.0 Å². The molecule has 0 fully saturated rings. The first-order valence-corrected chi connectivity index (χ1v) is 14.1. The topological polar surface area (TPSA) is 105 Å². The monoisotopic (exact) mass is 663 g/mol. The number of hydrogen-bond donors (Lipinski definition) is 2. The zero-order valence-electron chi connectivity index (χ0n) is 23.5. The predicted molar refractivity (Wildman–Crippen MR) is 173 cm³/mol. The molecule has 2 aromatic heterocycles. The molecule has 0 spiro atoms. The maximum atomic E-state index is 12.9. The van der Waals surface area contributed by atoms with Crippen LogP contribution < -0.4 is 20.3 Å². The Morgan fingerprint density at radius 3 is 2.47 bits per heavy atom.